The summed E-state index contributed by atoms with van der Waals surface area (Å²) in [5.41, 5.74) is -6.96. The summed E-state index contributed by atoms with van der Waals surface area (Å²) in [6.07, 6.45) is -10.7. The zero-order chi connectivity index (χ0) is 22.5. The van der Waals surface area contributed by atoms with Crippen LogP contribution < -0.4 is 0 Å². The third-order valence-electron chi connectivity index (χ3n) is 4.60. The normalized spacial score (nSPS) is 16.1. The quantitative estimate of drug-likeness (QED) is 0.317. The molecule has 1 nitrogen and oxygen atoms in total. The molecule has 1 atom stereocenters. The number of rotatable bonds is 3. The van der Waals surface area contributed by atoms with E-state index in [2.05, 4.69) is 15.9 Å². The lowest BCUT2D eigenvalue weighted by atomic mass is 9.88. The van der Waals surface area contributed by atoms with Crippen LogP contribution in [0.5, 0.6) is 0 Å². The first-order valence-corrected chi connectivity index (χ1v) is 10.2. The Kier molecular flexibility index (Phi) is 6.02. The Balaban J connectivity index is 2.05. The lowest BCUT2D eigenvalue weighted by Gasteiger charge is -2.31. The van der Waals surface area contributed by atoms with Crippen LogP contribution in [0.3, 0.4) is 0 Å². The largest absolute Gasteiger partial charge is 0.606 e. The van der Waals surface area contributed by atoms with Crippen molar-refractivity contribution in [2.75, 3.05) is 0 Å². The molecule has 0 fully saturated rings. The Hall–Kier alpha value is -1.59. The lowest BCUT2D eigenvalue weighted by Crippen LogP contribution is -2.50. The molecule has 0 aromatic heterocycles. The predicted molar refractivity (Wildman–Crippen MR) is 98.1 cm³/mol. The van der Waals surface area contributed by atoms with E-state index in [1.54, 1.807) is 0 Å². The highest BCUT2D eigenvalue weighted by atomic mass is 79.9. The van der Waals surface area contributed by atoms with E-state index in [4.69, 9.17) is 0 Å². The van der Waals surface area contributed by atoms with E-state index in [1.807, 2.05) is 0 Å². The van der Waals surface area contributed by atoms with Crippen molar-refractivity contribution in [2.45, 2.75) is 35.8 Å². The number of allylic oxidation sites excluding steroid dienone is 1. The van der Waals surface area contributed by atoms with Gasteiger partial charge >= 0.3 is 18.0 Å². The molecule has 0 spiro atoms. The fourth-order valence-electron chi connectivity index (χ4n) is 3.11. The highest BCUT2D eigenvalue weighted by Crippen LogP contribution is 2.53. The molecule has 11 heteroatoms. The van der Waals surface area contributed by atoms with Crippen molar-refractivity contribution in [3.8, 4) is 0 Å². The summed E-state index contributed by atoms with van der Waals surface area (Å²) in [5.74, 6) is -0.600. The van der Waals surface area contributed by atoms with Gasteiger partial charge in [0.25, 0.3) is 0 Å². The topological polar surface area (TPSA) is 23.1 Å². The minimum atomic E-state index is -6.21. The van der Waals surface area contributed by atoms with Crippen molar-refractivity contribution in [1.82, 2.24) is 0 Å². The molecule has 1 aliphatic rings. The molecule has 0 N–H and O–H groups in total. The molecule has 1 aliphatic carbocycles. The maximum absolute atomic E-state index is 14.3. The van der Waals surface area contributed by atoms with Gasteiger partial charge in [-0.1, -0.05) is 12.1 Å². The van der Waals surface area contributed by atoms with Crippen molar-refractivity contribution in [3.05, 3.63) is 69.5 Å². The highest BCUT2D eigenvalue weighted by Gasteiger charge is 2.73. The standard InChI is InChI=1S/C19H11BrF8OS/c20-14-9-12(5-7-15(14)21)30(29)16-3-1-2-10-8-11(4-6-13(10)16)17(22,18(23,24)25)19(26,27)28/h3-9H,1-2H2. The van der Waals surface area contributed by atoms with Gasteiger partial charge in [-0.2, -0.15) is 26.3 Å². The first-order valence-electron chi connectivity index (χ1n) is 8.30. The van der Waals surface area contributed by atoms with Crippen LogP contribution in [0.2, 0.25) is 0 Å². The van der Waals surface area contributed by atoms with Gasteiger partial charge in [0.2, 0.25) is 0 Å². The second kappa shape index (κ2) is 7.83. The maximum atomic E-state index is 14.3. The van der Waals surface area contributed by atoms with Crippen LogP contribution in [0.25, 0.3) is 4.91 Å². The fourth-order valence-corrected chi connectivity index (χ4v) is 4.98. The number of fused-ring (bicyclic) bond motifs is 1. The van der Waals surface area contributed by atoms with Crippen molar-refractivity contribution < 1.29 is 39.7 Å². The first-order chi connectivity index (χ1) is 13.8. The van der Waals surface area contributed by atoms with Gasteiger partial charge in [-0.15, -0.1) is 0 Å². The molecular weight excluding hydrogens is 508 g/mol. The molecule has 0 saturated heterocycles. The van der Waals surface area contributed by atoms with Gasteiger partial charge in [0.15, 0.2) is 9.80 Å². The lowest BCUT2D eigenvalue weighted by molar-refractivity contribution is -0.348. The molecule has 0 aliphatic heterocycles. The Morgan fingerprint density at radius 2 is 1.53 bits per heavy atom. The van der Waals surface area contributed by atoms with E-state index >= 15 is 0 Å². The minimum absolute atomic E-state index is 0.00931. The molecule has 0 saturated carbocycles. The Bertz CT molecular complexity index is 985. The average molecular weight is 519 g/mol. The van der Waals surface area contributed by atoms with E-state index in [1.165, 1.54) is 18.2 Å². The third-order valence-corrected chi connectivity index (χ3v) is 6.67. The molecule has 162 valence electrons. The maximum Gasteiger partial charge on any atom is 0.435 e. The van der Waals surface area contributed by atoms with E-state index in [9.17, 15) is 39.7 Å². The molecule has 2 aromatic carbocycles. The fraction of sp³-hybridized carbons (Fsp3) is 0.263. The van der Waals surface area contributed by atoms with E-state index in [0.29, 0.717) is 12.1 Å². The van der Waals surface area contributed by atoms with E-state index < -0.39 is 40.6 Å². The Morgan fingerprint density at radius 3 is 2.10 bits per heavy atom. The molecule has 0 heterocycles. The van der Waals surface area contributed by atoms with Crippen LogP contribution in [0.15, 0.2) is 51.8 Å². The SMILES string of the molecule is [O-][S+](C1=CCCc2cc(C(F)(C(F)(F)F)C(F)(F)F)ccc21)c1ccc(F)c(Br)c1. The number of hydrogen-bond acceptors (Lipinski definition) is 1. The summed E-state index contributed by atoms with van der Waals surface area (Å²) in [7, 11) is 0. The monoisotopic (exact) mass is 518 g/mol. The minimum Gasteiger partial charge on any atom is -0.606 e. The third kappa shape index (κ3) is 3.87. The van der Waals surface area contributed by atoms with E-state index in [0.717, 1.165) is 12.1 Å². The molecular formula is C19H11BrF8OS. The van der Waals surface area contributed by atoms with Crippen LogP contribution in [0.4, 0.5) is 35.1 Å². The van der Waals surface area contributed by atoms with Crippen LogP contribution in [-0.4, -0.2) is 16.9 Å². The Labute approximate surface area is 177 Å². The molecule has 0 radical (unpaired) electrons. The predicted octanol–water partition coefficient (Wildman–Crippen LogP) is 6.97. The molecule has 1 unspecified atom stereocenters. The number of aryl methyl sites for hydroxylation is 1. The van der Waals surface area contributed by atoms with Gasteiger partial charge in [-0.25, -0.2) is 8.78 Å². The zero-order valence-corrected chi connectivity index (χ0v) is 17.1. The summed E-state index contributed by atoms with van der Waals surface area (Å²) in [6, 6.07) is 5.39. The number of benzene rings is 2. The zero-order valence-electron chi connectivity index (χ0n) is 14.7. The van der Waals surface area contributed by atoms with Crippen LogP contribution in [0, 0.1) is 5.82 Å². The van der Waals surface area contributed by atoms with Gasteiger partial charge in [0, 0.05) is 28.4 Å². The van der Waals surface area contributed by atoms with Crippen molar-refractivity contribution >= 4 is 32.0 Å². The summed E-state index contributed by atoms with van der Waals surface area (Å²) >= 11 is 1.07. The van der Waals surface area contributed by atoms with Gasteiger partial charge in [0.05, 0.1) is 4.47 Å². The smallest absolute Gasteiger partial charge is 0.435 e. The number of alkyl halides is 7. The van der Waals surface area contributed by atoms with Crippen molar-refractivity contribution in [1.29, 1.82) is 0 Å². The van der Waals surface area contributed by atoms with Crippen molar-refractivity contribution in [3.63, 3.8) is 0 Å². The molecule has 3 rings (SSSR count). The molecule has 0 amide bonds. The summed E-state index contributed by atoms with van der Waals surface area (Å²) < 4.78 is 119. The van der Waals surface area contributed by atoms with Crippen LogP contribution >= 0.6 is 15.9 Å². The molecule has 0 bridgehead atoms. The number of hydrogen-bond donors (Lipinski definition) is 0. The van der Waals surface area contributed by atoms with Gasteiger partial charge in [0.1, 0.15) is 5.82 Å². The summed E-state index contributed by atoms with van der Waals surface area (Å²) in [4.78, 5) is 0.321. The first kappa shape index (κ1) is 23.1. The number of halogens is 9. The van der Waals surface area contributed by atoms with Crippen LogP contribution in [0.1, 0.15) is 23.1 Å². The highest BCUT2D eigenvalue weighted by molar-refractivity contribution is 9.10. The second-order valence-corrected chi connectivity index (χ2v) is 8.78. The second-order valence-electron chi connectivity index (χ2n) is 6.48. The van der Waals surface area contributed by atoms with Gasteiger partial charge < -0.3 is 4.55 Å². The van der Waals surface area contributed by atoms with E-state index in [-0.39, 0.29) is 38.2 Å². The van der Waals surface area contributed by atoms with Crippen molar-refractivity contribution in [2.24, 2.45) is 0 Å². The molecule has 30 heavy (non-hydrogen) atoms. The summed E-state index contributed by atoms with van der Waals surface area (Å²) in [5, 5.41) is 0. The van der Waals surface area contributed by atoms with Gasteiger partial charge in [-0.3, -0.25) is 0 Å². The average Bonchev–Trinajstić information content (AvgIpc) is 2.66. The summed E-state index contributed by atoms with van der Waals surface area (Å²) in [6.45, 7) is 0. The van der Waals surface area contributed by atoms with Crippen LogP contribution in [-0.2, 0) is 23.3 Å². The van der Waals surface area contributed by atoms with Gasteiger partial charge in [-0.05, 0) is 58.6 Å². The molecule has 2 aromatic rings. The Morgan fingerprint density at radius 1 is 0.900 bits per heavy atom.